The number of hydrogen-bond donors (Lipinski definition) is 0. The summed E-state index contributed by atoms with van der Waals surface area (Å²) in [5.74, 6) is 0.966. The second kappa shape index (κ2) is 7.68. The molecule has 110 valence electrons. The largest absolute Gasteiger partial charge is 0.428 e. The smallest absolute Gasteiger partial charge is 0.339 e. The maximum absolute atomic E-state index is 12.2. The summed E-state index contributed by atoms with van der Waals surface area (Å²) in [5, 5.41) is 0. The second-order valence-electron chi connectivity index (χ2n) is 4.79. The number of aryl methyl sites for hydroxylation is 2. The van der Waals surface area contributed by atoms with E-state index in [9.17, 15) is 9.59 Å². The van der Waals surface area contributed by atoms with Crippen molar-refractivity contribution >= 4 is 0 Å². The fourth-order valence-electron chi connectivity index (χ4n) is 1.97. The van der Waals surface area contributed by atoms with Gasteiger partial charge in [0.05, 0.1) is 0 Å². The Morgan fingerprint density at radius 2 is 1.15 bits per heavy atom. The lowest BCUT2D eigenvalue weighted by Gasteiger charge is -2.02. The molecule has 0 aliphatic heterocycles. The Hall–Kier alpha value is -1.84. The Morgan fingerprint density at radius 1 is 0.800 bits per heavy atom. The van der Waals surface area contributed by atoms with Crippen LogP contribution in [0.4, 0.5) is 0 Å². The predicted molar refractivity (Wildman–Crippen MR) is 78.6 cm³/mol. The van der Waals surface area contributed by atoms with Crippen molar-refractivity contribution in [3.05, 3.63) is 55.6 Å². The first kappa shape index (κ1) is 16.2. The van der Waals surface area contributed by atoms with Gasteiger partial charge in [0.1, 0.15) is 11.5 Å². The summed E-state index contributed by atoms with van der Waals surface area (Å²) in [4.78, 5) is 24.4. The standard InChI is InChI=1S/C16H22O4/c1-5-7-13-14(8-6-2)16(18)20-12(4)10-9-11(3)19-15(13)17/h9-10H,5-8H2,1-4H3. The van der Waals surface area contributed by atoms with Crippen molar-refractivity contribution in [3.63, 3.8) is 0 Å². The molecule has 0 fully saturated rings. The molecule has 0 spiro atoms. The molecule has 0 N–H and O–H groups in total. The third-order valence-electron chi connectivity index (χ3n) is 2.92. The van der Waals surface area contributed by atoms with Gasteiger partial charge in [0, 0.05) is 11.1 Å². The predicted octanol–water partition coefficient (Wildman–Crippen LogP) is 3.24. The molecule has 0 saturated carbocycles. The van der Waals surface area contributed by atoms with Crippen LogP contribution in [0.1, 0.15) is 49.3 Å². The molecule has 0 amide bonds. The van der Waals surface area contributed by atoms with Crippen LogP contribution in [0.5, 0.6) is 0 Å². The van der Waals surface area contributed by atoms with Crippen molar-refractivity contribution in [3.8, 4) is 0 Å². The zero-order valence-corrected chi connectivity index (χ0v) is 12.6. The molecule has 0 aliphatic rings. The molecule has 0 atom stereocenters. The van der Waals surface area contributed by atoms with Gasteiger partial charge in [-0.2, -0.15) is 0 Å². The fourth-order valence-corrected chi connectivity index (χ4v) is 1.97. The number of rotatable bonds is 4. The third-order valence-corrected chi connectivity index (χ3v) is 2.92. The van der Waals surface area contributed by atoms with E-state index < -0.39 is 11.3 Å². The van der Waals surface area contributed by atoms with E-state index in [1.807, 2.05) is 13.8 Å². The van der Waals surface area contributed by atoms with Gasteiger partial charge in [-0.1, -0.05) is 26.7 Å². The van der Waals surface area contributed by atoms with Gasteiger partial charge < -0.3 is 8.83 Å². The monoisotopic (exact) mass is 278 g/mol. The van der Waals surface area contributed by atoms with Gasteiger partial charge in [0.15, 0.2) is 0 Å². The maximum Gasteiger partial charge on any atom is 0.339 e. The highest BCUT2D eigenvalue weighted by atomic mass is 16.4. The minimum Gasteiger partial charge on any atom is -0.428 e. The van der Waals surface area contributed by atoms with E-state index in [-0.39, 0.29) is 0 Å². The summed E-state index contributed by atoms with van der Waals surface area (Å²) in [6, 6.07) is 3.24. The van der Waals surface area contributed by atoms with Crippen LogP contribution in [0.3, 0.4) is 0 Å². The SMILES string of the molecule is CCCc1c(CCC)c(=O)oc(C)ccc(C)oc1=O. The first-order valence-electron chi connectivity index (χ1n) is 7.01. The van der Waals surface area contributed by atoms with E-state index in [0.717, 1.165) is 12.8 Å². The van der Waals surface area contributed by atoms with Gasteiger partial charge in [-0.05, 0) is 38.8 Å². The average molecular weight is 278 g/mol. The van der Waals surface area contributed by atoms with Crippen molar-refractivity contribution in [1.29, 1.82) is 0 Å². The molecule has 0 saturated heterocycles. The Morgan fingerprint density at radius 3 is 1.45 bits per heavy atom. The highest BCUT2D eigenvalue weighted by Gasteiger charge is 2.10. The molecule has 1 aromatic rings. The summed E-state index contributed by atoms with van der Waals surface area (Å²) in [6.45, 7) is 7.33. The van der Waals surface area contributed by atoms with Crippen molar-refractivity contribution in [2.24, 2.45) is 0 Å². The zero-order chi connectivity index (χ0) is 15.1. The molecule has 1 rings (SSSR count). The lowest BCUT2D eigenvalue weighted by molar-refractivity contribution is 0.457. The normalized spacial score (nSPS) is 10.2. The van der Waals surface area contributed by atoms with E-state index in [0.29, 0.717) is 35.5 Å². The van der Waals surface area contributed by atoms with Crippen LogP contribution >= 0.6 is 0 Å². The quantitative estimate of drug-likeness (QED) is 0.848. The van der Waals surface area contributed by atoms with Crippen molar-refractivity contribution < 1.29 is 8.83 Å². The summed E-state index contributed by atoms with van der Waals surface area (Å²) in [6.07, 6.45) is 2.56. The molecule has 4 heteroatoms. The molecule has 0 bridgehead atoms. The van der Waals surface area contributed by atoms with Crippen LogP contribution in [0.25, 0.3) is 0 Å². The highest BCUT2D eigenvalue weighted by Crippen LogP contribution is 2.05. The minimum atomic E-state index is -0.450. The van der Waals surface area contributed by atoms with Gasteiger partial charge in [-0.25, -0.2) is 9.59 Å². The highest BCUT2D eigenvalue weighted by molar-refractivity contribution is 5.19. The van der Waals surface area contributed by atoms with E-state index in [2.05, 4.69) is 0 Å². The van der Waals surface area contributed by atoms with Crippen molar-refractivity contribution in [2.75, 3.05) is 0 Å². The van der Waals surface area contributed by atoms with Crippen LogP contribution in [0.2, 0.25) is 0 Å². The minimum absolute atomic E-state index is 0.432. The average Bonchev–Trinajstić information content (AvgIpc) is 2.39. The van der Waals surface area contributed by atoms with E-state index in [1.165, 1.54) is 0 Å². The number of hydrogen-bond acceptors (Lipinski definition) is 4. The molecule has 0 aromatic carbocycles. The summed E-state index contributed by atoms with van der Waals surface area (Å²) >= 11 is 0. The van der Waals surface area contributed by atoms with Crippen LogP contribution in [-0.4, -0.2) is 0 Å². The van der Waals surface area contributed by atoms with E-state index >= 15 is 0 Å². The van der Waals surface area contributed by atoms with Crippen LogP contribution in [0, 0.1) is 13.8 Å². The van der Waals surface area contributed by atoms with Crippen LogP contribution in [0.15, 0.2) is 30.6 Å². The Labute approximate surface area is 118 Å². The molecule has 0 radical (unpaired) electrons. The summed E-state index contributed by atoms with van der Waals surface area (Å²) < 4.78 is 10.6. The van der Waals surface area contributed by atoms with Gasteiger partial charge in [-0.3, -0.25) is 0 Å². The summed E-state index contributed by atoms with van der Waals surface area (Å²) in [7, 11) is 0. The van der Waals surface area contributed by atoms with Crippen LogP contribution < -0.4 is 11.3 Å². The second-order valence-corrected chi connectivity index (χ2v) is 4.79. The molecule has 1 aromatic heterocycles. The lowest BCUT2D eigenvalue weighted by Crippen LogP contribution is -2.17. The lowest BCUT2D eigenvalue weighted by atomic mass is 10.0. The molecule has 0 unspecified atom stereocenters. The Kier molecular flexibility index (Phi) is 6.22. The molecular weight excluding hydrogens is 256 g/mol. The summed E-state index contributed by atoms with van der Waals surface area (Å²) in [5.41, 5.74) is -0.0356. The van der Waals surface area contributed by atoms with E-state index in [4.69, 9.17) is 8.83 Å². The van der Waals surface area contributed by atoms with Gasteiger partial charge in [0.25, 0.3) is 0 Å². The van der Waals surface area contributed by atoms with Crippen LogP contribution in [-0.2, 0) is 12.8 Å². The van der Waals surface area contributed by atoms with Gasteiger partial charge in [-0.15, -0.1) is 0 Å². The molecule has 4 nitrogen and oxygen atoms in total. The first-order chi connectivity index (χ1) is 9.49. The third kappa shape index (κ3) is 4.37. The molecule has 0 aliphatic carbocycles. The molecular formula is C16H22O4. The van der Waals surface area contributed by atoms with Crippen molar-refractivity contribution in [1.82, 2.24) is 0 Å². The molecule has 1 heterocycles. The van der Waals surface area contributed by atoms with Gasteiger partial charge in [0.2, 0.25) is 0 Å². The van der Waals surface area contributed by atoms with E-state index in [1.54, 1.807) is 26.0 Å². The Balaban J connectivity index is 3.84. The Bertz CT molecular complexity index is 566. The fraction of sp³-hybridized carbons (Fsp3) is 0.500. The topological polar surface area (TPSA) is 60.4 Å². The zero-order valence-electron chi connectivity index (χ0n) is 12.6. The van der Waals surface area contributed by atoms with Crippen molar-refractivity contribution in [2.45, 2.75) is 53.4 Å². The molecule has 20 heavy (non-hydrogen) atoms. The first-order valence-corrected chi connectivity index (χ1v) is 7.01. The maximum atomic E-state index is 12.2. The van der Waals surface area contributed by atoms with Gasteiger partial charge >= 0.3 is 11.3 Å².